The third-order valence-electron chi connectivity index (χ3n) is 2.77. The van der Waals surface area contributed by atoms with Crippen LogP contribution in [0.4, 0.5) is 0 Å². The molecule has 0 saturated heterocycles. The lowest BCUT2D eigenvalue weighted by atomic mass is 10.2. The van der Waals surface area contributed by atoms with Gasteiger partial charge in [0.25, 0.3) is 0 Å². The predicted molar refractivity (Wildman–Crippen MR) is 74.7 cm³/mol. The van der Waals surface area contributed by atoms with Gasteiger partial charge in [-0.05, 0) is 19.1 Å². The molecule has 0 atom stereocenters. The van der Waals surface area contributed by atoms with Gasteiger partial charge in [0, 0.05) is 18.5 Å². The standard InChI is InChI=1S/C15H18N2O2/c1-2-19-15(18)9-10-16-11-13-8-7-12-5-3-4-6-14(12)17-13/h3-8,16H,2,9-11H2,1H3. The van der Waals surface area contributed by atoms with Gasteiger partial charge in [-0.3, -0.25) is 9.78 Å². The lowest BCUT2D eigenvalue weighted by Gasteiger charge is -2.05. The smallest absolute Gasteiger partial charge is 0.307 e. The van der Waals surface area contributed by atoms with Crippen molar-refractivity contribution >= 4 is 16.9 Å². The van der Waals surface area contributed by atoms with Crippen LogP contribution in [0, 0.1) is 0 Å². The maximum absolute atomic E-state index is 11.2. The number of ether oxygens (including phenoxy) is 1. The van der Waals surface area contributed by atoms with E-state index in [4.69, 9.17) is 4.74 Å². The fraction of sp³-hybridized carbons (Fsp3) is 0.333. The van der Waals surface area contributed by atoms with Crippen LogP contribution in [0.15, 0.2) is 36.4 Å². The van der Waals surface area contributed by atoms with E-state index in [9.17, 15) is 4.79 Å². The molecule has 1 aromatic carbocycles. The van der Waals surface area contributed by atoms with Gasteiger partial charge in [0.1, 0.15) is 0 Å². The number of esters is 1. The maximum atomic E-state index is 11.2. The van der Waals surface area contributed by atoms with Crippen LogP contribution in [0.25, 0.3) is 10.9 Å². The number of hydrogen-bond donors (Lipinski definition) is 1. The van der Waals surface area contributed by atoms with Crippen molar-refractivity contribution in [2.75, 3.05) is 13.2 Å². The van der Waals surface area contributed by atoms with E-state index in [1.165, 1.54) is 0 Å². The van der Waals surface area contributed by atoms with E-state index >= 15 is 0 Å². The summed E-state index contributed by atoms with van der Waals surface area (Å²) in [6, 6.07) is 12.1. The van der Waals surface area contributed by atoms with Crippen molar-refractivity contribution in [2.45, 2.75) is 19.9 Å². The molecule has 2 aromatic rings. The minimum atomic E-state index is -0.165. The fourth-order valence-electron chi connectivity index (χ4n) is 1.85. The number of rotatable bonds is 6. The zero-order valence-corrected chi connectivity index (χ0v) is 11.1. The number of aromatic nitrogens is 1. The Morgan fingerprint density at radius 2 is 2.11 bits per heavy atom. The molecule has 0 fully saturated rings. The molecule has 2 rings (SSSR count). The Kier molecular flexibility index (Phi) is 4.86. The first-order chi connectivity index (χ1) is 9.29. The SMILES string of the molecule is CCOC(=O)CCNCc1ccc2ccccc2n1. The zero-order chi connectivity index (χ0) is 13.5. The highest BCUT2D eigenvalue weighted by molar-refractivity contribution is 5.78. The van der Waals surface area contributed by atoms with Gasteiger partial charge in [-0.25, -0.2) is 0 Å². The van der Waals surface area contributed by atoms with Gasteiger partial charge in [-0.1, -0.05) is 24.3 Å². The molecule has 0 aliphatic heterocycles. The second-order valence-corrected chi connectivity index (χ2v) is 4.23. The molecule has 4 heteroatoms. The molecule has 1 N–H and O–H groups in total. The van der Waals surface area contributed by atoms with E-state index in [2.05, 4.69) is 16.4 Å². The van der Waals surface area contributed by atoms with Gasteiger partial charge < -0.3 is 10.1 Å². The van der Waals surface area contributed by atoms with E-state index in [1.54, 1.807) is 0 Å². The van der Waals surface area contributed by atoms with Gasteiger partial charge in [-0.15, -0.1) is 0 Å². The molecular formula is C15H18N2O2. The van der Waals surface area contributed by atoms with E-state index in [0.717, 1.165) is 16.6 Å². The third-order valence-corrected chi connectivity index (χ3v) is 2.77. The summed E-state index contributed by atoms with van der Waals surface area (Å²) in [6.45, 7) is 3.51. The first-order valence-corrected chi connectivity index (χ1v) is 6.50. The number of hydrogen-bond acceptors (Lipinski definition) is 4. The summed E-state index contributed by atoms with van der Waals surface area (Å²) < 4.78 is 4.86. The Labute approximate surface area is 112 Å². The van der Waals surface area contributed by atoms with Crippen LogP contribution in [-0.2, 0) is 16.1 Å². The van der Waals surface area contributed by atoms with Crippen LogP contribution < -0.4 is 5.32 Å². The molecule has 0 spiro atoms. The molecule has 4 nitrogen and oxygen atoms in total. The van der Waals surface area contributed by atoms with Crippen LogP contribution in [0.3, 0.4) is 0 Å². The summed E-state index contributed by atoms with van der Waals surface area (Å²) in [5, 5.41) is 4.33. The molecule has 0 unspecified atom stereocenters. The van der Waals surface area contributed by atoms with Crippen molar-refractivity contribution in [3.8, 4) is 0 Å². The quantitative estimate of drug-likeness (QED) is 0.638. The Morgan fingerprint density at radius 1 is 1.26 bits per heavy atom. The van der Waals surface area contributed by atoms with Crippen LogP contribution in [0.2, 0.25) is 0 Å². The summed E-state index contributed by atoms with van der Waals surface area (Å²) in [5.41, 5.74) is 1.97. The number of nitrogens with one attached hydrogen (secondary N) is 1. The average molecular weight is 258 g/mol. The maximum Gasteiger partial charge on any atom is 0.307 e. The molecule has 19 heavy (non-hydrogen) atoms. The Bertz CT molecular complexity index is 555. The lowest BCUT2D eigenvalue weighted by Crippen LogP contribution is -2.19. The van der Waals surface area contributed by atoms with E-state index in [-0.39, 0.29) is 5.97 Å². The van der Waals surface area contributed by atoms with Crippen LogP contribution >= 0.6 is 0 Å². The molecule has 1 heterocycles. The number of benzene rings is 1. The Hall–Kier alpha value is -1.94. The molecule has 100 valence electrons. The molecular weight excluding hydrogens is 240 g/mol. The van der Waals surface area contributed by atoms with E-state index in [0.29, 0.717) is 26.1 Å². The van der Waals surface area contributed by atoms with Crippen molar-refractivity contribution < 1.29 is 9.53 Å². The number of carbonyl (C=O) groups is 1. The highest BCUT2D eigenvalue weighted by Crippen LogP contribution is 2.11. The third kappa shape index (κ3) is 4.03. The van der Waals surface area contributed by atoms with Crippen molar-refractivity contribution in [1.29, 1.82) is 0 Å². The topological polar surface area (TPSA) is 51.2 Å². The van der Waals surface area contributed by atoms with Gasteiger partial charge in [0.2, 0.25) is 0 Å². The molecule has 0 radical (unpaired) electrons. The normalized spacial score (nSPS) is 10.6. The highest BCUT2D eigenvalue weighted by atomic mass is 16.5. The largest absolute Gasteiger partial charge is 0.466 e. The van der Waals surface area contributed by atoms with Crippen molar-refractivity contribution in [2.24, 2.45) is 0 Å². The first kappa shape index (κ1) is 13.5. The summed E-state index contributed by atoms with van der Waals surface area (Å²) in [5.74, 6) is -0.165. The minimum Gasteiger partial charge on any atom is -0.466 e. The van der Waals surface area contributed by atoms with Crippen LogP contribution in [0.1, 0.15) is 19.0 Å². The van der Waals surface area contributed by atoms with Gasteiger partial charge in [0.15, 0.2) is 0 Å². The lowest BCUT2D eigenvalue weighted by molar-refractivity contribution is -0.142. The number of fused-ring (bicyclic) bond motifs is 1. The molecule has 1 aromatic heterocycles. The minimum absolute atomic E-state index is 0.165. The highest BCUT2D eigenvalue weighted by Gasteiger charge is 2.01. The summed E-state index contributed by atoms with van der Waals surface area (Å²) in [6.07, 6.45) is 0.390. The van der Waals surface area contributed by atoms with Crippen LogP contribution in [0.5, 0.6) is 0 Å². The van der Waals surface area contributed by atoms with Gasteiger partial charge >= 0.3 is 5.97 Å². The second kappa shape index (κ2) is 6.85. The van der Waals surface area contributed by atoms with Gasteiger partial charge in [0.05, 0.1) is 24.2 Å². The second-order valence-electron chi connectivity index (χ2n) is 4.23. The number of pyridine rings is 1. The van der Waals surface area contributed by atoms with Crippen LogP contribution in [-0.4, -0.2) is 24.1 Å². The number of para-hydroxylation sites is 1. The Balaban J connectivity index is 1.83. The summed E-state index contributed by atoms with van der Waals surface area (Å²) in [4.78, 5) is 15.7. The van der Waals surface area contributed by atoms with Crippen molar-refractivity contribution in [3.05, 3.63) is 42.1 Å². The van der Waals surface area contributed by atoms with E-state index in [1.807, 2.05) is 37.3 Å². The molecule has 0 aliphatic carbocycles. The molecule has 0 amide bonds. The van der Waals surface area contributed by atoms with Crippen molar-refractivity contribution in [3.63, 3.8) is 0 Å². The Morgan fingerprint density at radius 3 is 2.95 bits per heavy atom. The summed E-state index contributed by atoms with van der Waals surface area (Å²) in [7, 11) is 0. The zero-order valence-electron chi connectivity index (χ0n) is 11.1. The average Bonchev–Trinajstić information content (AvgIpc) is 2.44. The fourth-order valence-corrected chi connectivity index (χ4v) is 1.85. The van der Waals surface area contributed by atoms with E-state index < -0.39 is 0 Å². The molecule has 0 aliphatic rings. The molecule has 0 saturated carbocycles. The number of carbonyl (C=O) groups excluding carboxylic acids is 1. The predicted octanol–water partition coefficient (Wildman–Crippen LogP) is 2.28. The van der Waals surface area contributed by atoms with Crippen molar-refractivity contribution in [1.82, 2.24) is 10.3 Å². The monoisotopic (exact) mass is 258 g/mol. The number of nitrogens with zero attached hydrogens (tertiary/aromatic N) is 1. The first-order valence-electron chi connectivity index (χ1n) is 6.50. The summed E-state index contributed by atoms with van der Waals surface area (Å²) >= 11 is 0. The van der Waals surface area contributed by atoms with Gasteiger partial charge in [-0.2, -0.15) is 0 Å². The molecule has 0 bridgehead atoms.